The summed E-state index contributed by atoms with van der Waals surface area (Å²) >= 11 is 0. The van der Waals surface area contributed by atoms with Crippen molar-refractivity contribution in [2.75, 3.05) is 13.7 Å². The number of carbonyl (C=O) groups excluding carboxylic acids is 1. The van der Waals surface area contributed by atoms with Crippen molar-refractivity contribution in [1.29, 1.82) is 0 Å². The van der Waals surface area contributed by atoms with E-state index in [-0.39, 0.29) is 12.5 Å². The molecular weight excluding hydrogens is 260 g/mol. The second-order valence-corrected chi connectivity index (χ2v) is 4.50. The maximum absolute atomic E-state index is 11.5. The number of hydrogen-bond donors (Lipinski definition) is 3. The third-order valence-electron chi connectivity index (χ3n) is 2.72. The highest BCUT2D eigenvalue weighted by Crippen LogP contribution is 2.11. The summed E-state index contributed by atoms with van der Waals surface area (Å²) in [5, 5.41) is 13.8. The van der Waals surface area contributed by atoms with E-state index in [0.717, 1.165) is 11.3 Å². The van der Waals surface area contributed by atoms with Gasteiger partial charge in [-0.1, -0.05) is 12.1 Å². The summed E-state index contributed by atoms with van der Waals surface area (Å²) < 4.78 is 5.06. The molecule has 0 fully saturated rings. The Kier molecular flexibility index (Phi) is 6.36. The normalized spacial score (nSPS) is 11.5. The van der Waals surface area contributed by atoms with Crippen LogP contribution < -0.4 is 15.4 Å². The molecule has 1 aromatic rings. The third kappa shape index (κ3) is 6.08. The van der Waals surface area contributed by atoms with E-state index in [1.165, 1.54) is 0 Å². The highest BCUT2D eigenvalue weighted by Gasteiger charge is 2.10. The summed E-state index contributed by atoms with van der Waals surface area (Å²) in [5.74, 6) is -0.141. The van der Waals surface area contributed by atoms with Gasteiger partial charge in [0.25, 0.3) is 0 Å². The molecule has 0 saturated heterocycles. The summed E-state index contributed by atoms with van der Waals surface area (Å²) in [6, 6.07) is 6.85. The molecule has 110 valence electrons. The number of carboxylic acid groups (broad SMARTS) is 1. The number of aliphatic carboxylic acids is 1. The van der Waals surface area contributed by atoms with Crippen molar-refractivity contribution in [3.05, 3.63) is 29.8 Å². The molecule has 0 heterocycles. The van der Waals surface area contributed by atoms with Crippen LogP contribution in [-0.2, 0) is 11.2 Å². The number of nitrogens with one attached hydrogen (secondary N) is 2. The second kappa shape index (κ2) is 8.04. The minimum Gasteiger partial charge on any atom is -0.497 e. The summed E-state index contributed by atoms with van der Waals surface area (Å²) in [5.41, 5.74) is 1.09. The molecule has 0 radical (unpaired) electrons. The van der Waals surface area contributed by atoms with Crippen LogP contribution in [0.15, 0.2) is 24.3 Å². The Morgan fingerprint density at radius 3 is 2.50 bits per heavy atom. The van der Waals surface area contributed by atoms with E-state index in [2.05, 4.69) is 10.6 Å². The van der Waals surface area contributed by atoms with E-state index < -0.39 is 12.0 Å². The van der Waals surface area contributed by atoms with Gasteiger partial charge in [-0.25, -0.2) is 4.79 Å². The SMILES string of the molecule is COc1ccc(CCNC(=O)NC(C)CC(=O)O)cc1. The lowest BCUT2D eigenvalue weighted by molar-refractivity contribution is -0.137. The Morgan fingerprint density at radius 1 is 1.30 bits per heavy atom. The van der Waals surface area contributed by atoms with Gasteiger partial charge in [0.2, 0.25) is 0 Å². The molecular formula is C14H20N2O4. The number of methoxy groups -OCH3 is 1. The van der Waals surface area contributed by atoms with Crippen LogP contribution in [0.25, 0.3) is 0 Å². The standard InChI is InChI=1S/C14H20N2O4/c1-10(9-13(17)18)16-14(19)15-8-7-11-3-5-12(20-2)6-4-11/h3-6,10H,7-9H2,1-2H3,(H,17,18)(H2,15,16,19). The van der Waals surface area contributed by atoms with Crippen molar-refractivity contribution in [2.45, 2.75) is 25.8 Å². The van der Waals surface area contributed by atoms with Crippen molar-refractivity contribution >= 4 is 12.0 Å². The average molecular weight is 280 g/mol. The molecule has 0 saturated carbocycles. The van der Waals surface area contributed by atoms with Gasteiger partial charge in [0.1, 0.15) is 5.75 Å². The first-order valence-electron chi connectivity index (χ1n) is 6.40. The maximum atomic E-state index is 11.5. The predicted octanol–water partition coefficient (Wildman–Crippen LogP) is 1.40. The number of carboxylic acids is 1. The maximum Gasteiger partial charge on any atom is 0.315 e. The van der Waals surface area contributed by atoms with E-state index in [1.807, 2.05) is 24.3 Å². The van der Waals surface area contributed by atoms with Crippen LogP contribution in [0.4, 0.5) is 4.79 Å². The number of benzene rings is 1. The van der Waals surface area contributed by atoms with Gasteiger partial charge in [0.15, 0.2) is 0 Å². The van der Waals surface area contributed by atoms with E-state index in [4.69, 9.17) is 9.84 Å². The minimum absolute atomic E-state index is 0.0914. The molecule has 6 nitrogen and oxygen atoms in total. The molecule has 20 heavy (non-hydrogen) atoms. The molecule has 6 heteroatoms. The van der Waals surface area contributed by atoms with Gasteiger partial charge in [-0.15, -0.1) is 0 Å². The zero-order valence-electron chi connectivity index (χ0n) is 11.7. The molecule has 0 aliphatic heterocycles. The number of hydrogen-bond acceptors (Lipinski definition) is 3. The van der Waals surface area contributed by atoms with E-state index in [9.17, 15) is 9.59 Å². The Balaban J connectivity index is 2.25. The summed E-state index contributed by atoms with van der Waals surface area (Å²) in [4.78, 5) is 22.0. The molecule has 3 N–H and O–H groups in total. The Morgan fingerprint density at radius 2 is 1.95 bits per heavy atom. The average Bonchev–Trinajstić information content (AvgIpc) is 2.38. The third-order valence-corrected chi connectivity index (χ3v) is 2.72. The Labute approximate surface area is 118 Å². The number of rotatable bonds is 7. The van der Waals surface area contributed by atoms with Gasteiger partial charge >= 0.3 is 12.0 Å². The predicted molar refractivity (Wildman–Crippen MR) is 74.9 cm³/mol. The topological polar surface area (TPSA) is 87.7 Å². The Hall–Kier alpha value is -2.24. The van der Waals surface area contributed by atoms with Gasteiger partial charge < -0.3 is 20.5 Å². The Bertz CT molecular complexity index is 445. The lowest BCUT2D eigenvalue weighted by Gasteiger charge is -2.12. The fraction of sp³-hybridized carbons (Fsp3) is 0.429. The van der Waals surface area contributed by atoms with Crippen LogP contribution in [0.2, 0.25) is 0 Å². The van der Waals surface area contributed by atoms with Crippen molar-refractivity contribution in [2.24, 2.45) is 0 Å². The van der Waals surface area contributed by atoms with E-state index in [0.29, 0.717) is 13.0 Å². The number of urea groups is 1. The zero-order chi connectivity index (χ0) is 15.0. The molecule has 0 aromatic heterocycles. The number of amides is 2. The summed E-state index contributed by atoms with van der Waals surface area (Å²) in [6.45, 7) is 2.13. The van der Waals surface area contributed by atoms with E-state index in [1.54, 1.807) is 14.0 Å². The largest absolute Gasteiger partial charge is 0.497 e. The van der Waals surface area contributed by atoms with Gasteiger partial charge in [0, 0.05) is 12.6 Å². The molecule has 2 amide bonds. The van der Waals surface area contributed by atoms with Crippen LogP contribution in [0.3, 0.4) is 0 Å². The van der Waals surface area contributed by atoms with Crippen molar-refractivity contribution in [3.8, 4) is 5.75 Å². The van der Waals surface area contributed by atoms with Gasteiger partial charge in [-0.05, 0) is 31.0 Å². The summed E-state index contributed by atoms with van der Waals surface area (Å²) in [7, 11) is 1.61. The van der Waals surface area contributed by atoms with Crippen molar-refractivity contribution < 1.29 is 19.4 Å². The smallest absolute Gasteiger partial charge is 0.315 e. The minimum atomic E-state index is -0.934. The van der Waals surface area contributed by atoms with Gasteiger partial charge in [-0.3, -0.25) is 4.79 Å². The monoisotopic (exact) mass is 280 g/mol. The van der Waals surface area contributed by atoms with Gasteiger partial charge in [-0.2, -0.15) is 0 Å². The quantitative estimate of drug-likeness (QED) is 0.704. The molecule has 1 rings (SSSR count). The fourth-order valence-corrected chi connectivity index (χ4v) is 1.70. The lowest BCUT2D eigenvalue weighted by atomic mass is 10.1. The molecule has 0 aliphatic rings. The lowest BCUT2D eigenvalue weighted by Crippen LogP contribution is -2.42. The zero-order valence-corrected chi connectivity index (χ0v) is 11.7. The van der Waals surface area contributed by atoms with Crippen molar-refractivity contribution in [1.82, 2.24) is 10.6 Å². The highest BCUT2D eigenvalue weighted by atomic mass is 16.5. The summed E-state index contributed by atoms with van der Waals surface area (Å²) in [6.07, 6.45) is 0.608. The molecule has 1 atom stereocenters. The first-order valence-corrected chi connectivity index (χ1v) is 6.40. The molecule has 0 bridgehead atoms. The fourth-order valence-electron chi connectivity index (χ4n) is 1.70. The number of carbonyl (C=O) groups is 2. The van der Waals surface area contributed by atoms with Gasteiger partial charge in [0.05, 0.1) is 13.5 Å². The second-order valence-electron chi connectivity index (χ2n) is 4.50. The van der Waals surface area contributed by atoms with Crippen LogP contribution in [0.5, 0.6) is 5.75 Å². The number of ether oxygens (including phenoxy) is 1. The molecule has 1 unspecified atom stereocenters. The van der Waals surface area contributed by atoms with Crippen LogP contribution in [0.1, 0.15) is 18.9 Å². The van der Waals surface area contributed by atoms with Crippen LogP contribution in [-0.4, -0.2) is 36.8 Å². The first kappa shape index (κ1) is 15.8. The molecule has 1 aromatic carbocycles. The molecule has 0 spiro atoms. The van der Waals surface area contributed by atoms with Crippen LogP contribution >= 0.6 is 0 Å². The highest BCUT2D eigenvalue weighted by molar-refractivity contribution is 5.75. The first-order chi connectivity index (χ1) is 9.51. The van der Waals surface area contributed by atoms with E-state index >= 15 is 0 Å². The van der Waals surface area contributed by atoms with Crippen molar-refractivity contribution in [3.63, 3.8) is 0 Å². The van der Waals surface area contributed by atoms with Crippen LogP contribution in [0, 0.1) is 0 Å². The molecule has 0 aliphatic carbocycles.